The predicted octanol–water partition coefficient (Wildman–Crippen LogP) is 4.31. The van der Waals surface area contributed by atoms with Gasteiger partial charge in [0, 0.05) is 42.8 Å². The molecule has 5 rings (SSSR count). The van der Waals surface area contributed by atoms with Crippen molar-refractivity contribution in [3.8, 4) is 40.5 Å². The molecule has 202 valence electrons. The third-order valence-corrected chi connectivity index (χ3v) is 5.94. The minimum Gasteiger partial charge on any atom is -0.493 e. The monoisotopic (exact) mass is 543 g/mol. The third kappa shape index (κ3) is 5.17. The average Bonchev–Trinajstić information content (AvgIpc) is 3.42. The molecule has 0 amide bonds. The van der Waals surface area contributed by atoms with E-state index < -0.39 is 17.3 Å². The Balaban J connectivity index is 1.64. The largest absolute Gasteiger partial charge is 0.493 e. The minimum absolute atomic E-state index is 0.147. The van der Waals surface area contributed by atoms with E-state index in [0.29, 0.717) is 28.3 Å². The van der Waals surface area contributed by atoms with Gasteiger partial charge in [-0.3, -0.25) is 9.67 Å². The van der Waals surface area contributed by atoms with Gasteiger partial charge >= 0.3 is 0 Å². The SMILES string of the molecule is COc1ccnc(C#CCN(c2ccc3ncc(-c4cnn(C)c4)nc3c2)c2c(F)c(OC)cc(OC)c2F)n1. The first-order chi connectivity index (χ1) is 19.4. The van der Waals surface area contributed by atoms with Gasteiger partial charge < -0.3 is 19.1 Å². The number of nitrogens with zero attached hydrogens (tertiary/aromatic N) is 7. The van der Waals surface area contributed by atoms with Crippen molar-refractivity contribution in [2.75, 3.05) is 32.8 Å². The van der Waals surface area contributed by atoms with Crippen molar-refractivity contribution in [2.24, 2.45) is 7.05 Å². The van der Waals surface area contributed by atoms with E-state index in [2.05, 4.69) is 31.9 Å². The van der Waals surface area contributed by atoms with Crippen LogP contribution in [0.15, 0.2) is 55.1 Å². The summed E-state index contributed by atoms with van der Waals surface area (Å²) in [6.45, 7) is -0.147. The normalized spacial score (nSPS) is 10.7. The van der Waals surface area contributed by atoms with Gasteiger partial charge in [-0.25, -0.2) is 18.7 Å². The Morgan fingerprint density at radius 3 is 2.35 bits per heavy atom. The van der Waals surface area contributed by atoms with E-state index >= 15 is 8.78 Å². The standard InChI is InChI=1S/C28H23F2N7O3/c1-36-16-17(14-33-36)21-15-32-19-8-7-18(12-20(19)34-21)37(11-5-6-24-31-10-9-25(35-24)40-4)28-26(29)22(38-2)13-23(39-3)27(28)30/h7-10,12-16H,11H2,1-4H3. The summed E-state index contributed by atoms with van der Waals surface area (Å²) >= 11 is 0. The lowest BCUT2D eigenvalue weighted by Gasteiger charge is -2.25. The molecule has 10 nitrogen and oxygen atoms in total. The van der Waals surface area contributed by atoms with Crippen LogP contribution in [-0.2, 0) is 7.05 Å². The summed E-state index contributed by atoms with van der Waals surface area (Å²) in [7, 11) is 5.85. The van der Waals surface area contributed by atoms with Crippen molar-refractivity contribution in [1.82, 2.24) is 29.7 Å². The highest BCUT2D eigenvalue weighted by atomic mass is 19.1. The molecule has 0 unspecified atom stereocenters. The average molecular weight is 544 g/mol. The summed E-state index contributed by atoms with van der Waals surface area (Å²) in [6, 6.07) is 7.80. The molecule has 0 saturated heterocycles. The van der Waals surface area contributed by atoms with E-state index in [9.17, 15) is 0 Å². The maximum Gasteiger partial charge on any atom is 0.217 e. The fourth-order valence-electron chi connectivity index (χ4n) is 3.98. The van der Waals surface area contributed by atoms with Crippen molar-refractivity contribution >= 4 is 22.4 Å². The molecule has 0 aliphatic heterocycles. The fourth-order valence-corrected chi connectivity index (χ4v) is 3.98. The van der Waals surface area contributed by atoms with Crippen molar-refractivity contribution in [1.29, 1.82) is 0 Å². The Bertz CT molecular complexity index is 1740. The zero-order chi connectivity index (χ0) is 28.2. The van der Waals surface area contributed by atoms with E-state index in [0.717, 1.165) is 11.6 Å². The number of benzene rings is 2. The van der Waals surface area contributed by atoms with Gasteiger partial charge in [-0.15, -0.1) is 0 Å². The summed E-state index contributed by atoms with van der Waals surface area (Å²) in [4.78, 5) is 18.8. The topological polar surface area (TPSA) is 100 Å². The van der Waals surface area contributed by atoms with Gasteiger partial charge in [0.25, 0.3) is 0 Å². The minimum atomic E-state index is -0.921. The van der Waals surface area contributed by atoms with Crippen LogP contribution in [0.3, 0.4) is 0 Å². The zero-order valence-corrected chi connectivity index (χ0v) is 22.0. The van der Waals surface area contributed by atoms with Crippen molar-refractivity contribution < 1.29 is 23.0 Å². The fraction of sp³-hybridized carbons (Fsp3) is 0.179. The van der Waals surface area contributed by atoms with Gasteiger partial charge in [0.15, 0.2) is 23.1 Å². The van der Waals surface area contributed by atoms with Crippen LogP contribution in [-0.4, -0.2) is 57.6 Å². The summed E-state index contributed by atoms with van der Waals surface area (Å²) in [5.74, 6) is 4.02. The van der Waals surface area contributed by atoms with E-state index in [4.69, 9.17) is 19.2 Å². The Morgan fingerprint density at radius 1 is 0.900 bits per heavy atom. The van der Waals surface area contributed by atoms with Crippen LogP contribution in [0.1, 0.15) is 5.82 Å². The summed E-state index contributed by atoms with van der Waals surface area (Å²) in [6.07, 6.45) is 6.63. The molecule has 0 N–H and O–H groups in total. The second kappa shape index (κ2) is 11.2. The highest BCUT2D eigenvalue weighted by Crippen LogP contribution is 2.40. The molecule has 12 heteroatoms. The molecule has 2 aromatic carbocycles. The molecule has 5 aromatic rings. The smallest absolute Gasteiger partial charge is 0.217 e. The van der Waals surface area contributed by atoms with Gasteiger partial charge in [0.2, 0.25) is 11.7 Å². The molecule has 0 saturated carbocycles. The Hall–Kier alpha value is -5.31. The lowest BCUT2D eigenvalue weighted by molar-refractivity contribution is 0.359. The van der Waals surface area contributed by atoms with Gasteiger partial charge in [-0.1, -0.05) is 5.92 Å². The Labute approximate surface area is 228 Å². The molecule has 0 radical (unpaired) electrons. The van der Waals surface area contributed by atoms with E-state index in [1.54, 1.807) is 48.4 Å². The molecule has 0 aliphatic carbocycles. The summed E-state index contributed by atoms with van der Waals surface area (Å²) < 4.78 is 48.4. The number of aromatic nitrogens is 6. The highest BCUT2D eigenvalue weighted by molar-refractivity contribution is 5.83. The van der Waals surface area contributed by atoms with Crippen LogP contribution in [0.2, 0.25) is 0 Å². The number of halogens is 2. The quantitative estimate of drug-likeness (QED) is 0.278. The molecule has 0 aliphatic rings. The van der Waals surface area contributed by atoms with Crippen LogP contribution in [0, 0.1) is 23.5 Å². The zero-order valence-electron chi connectivity index (χ0n) is 22.0. The number of methoxy groups -OCH3 is 3. The maximum atomic E-state index is 15.6. The van der Waals surface area contributed by atoms with Gasteiger partial charge in [0.05, 0.1) is 57.0 Å². The number of fused-ring (bicyclic) bond motifs is 1. The third-order valence-electron chi connectivity index (χ3n) is 5.94. The first-order valence-electron chi connectivity index (χ1n) is 11.9. The number of hydrogen-bond donors (Lipinski definition) is 0. The van der Waals surface area contributed by atoms with Crippen molar-refractivity contribution in [3.05, 3.63) is 72.6 Å². The summed E-state index contributed by atoms with van der Waals surface area (Å²) in [5, 5.41) is 4.18. The Kier molecular flexibility index (Phi) is 7.37. The molecular formula is C28H23F2N7O3. The molecule has 0 bridgehead atoms. The van der Waals surface area contributed by atoms with E-state index in [1.807, 2.05) is 6.20 Å². The maximum absolute atomic E-state index is 15.6. The molecule has 0 atom stereocenters. The molecule has 0 spiro atoms. The highest BCUT2D eigenvalue weighted by Gasteiger charge is 2.26. The van der Waals surface area contributed by atoms with Crippen LogP contribution in [0.25, 0.3) is 22.3 Å². The predicted molar refractivity (Wildman–Crippen MR) is 144 cm³/mol. The number of rotatable bonds is 7. The first kappa shape index (κ1) is 26.3. The number of anilines is 2. The lowest BCUT2D eigenvalue weighted by Crippen LogP contribution is -2.21. The van der Waals surface area contributed by atoms with Crippen LogP contribution in [0.5, 0.6) is 17.4 Å². The van der Waals surface area contributed by atoms with Crippen LogP contribution < -0.4 is 19.1 Å². The Morgan fingerprint density at radius 2 is 1.68 bits per heavy atom. The number of aryl methyl sites for hydroxylation is 1. The second-order valence-corrected chi connectivity index (χ2v) is 8.40. The number of hydrogen-bond acceptors (Lipinski definition) is 9. The molecular weight excluding hydrogens is 520 g/mol. The molecule has 3 aromatic heterocycles. The van der Waals surface area contributed by atoms with Crippen molar-refractivity contribution in [3.63, 3.8) is 0 Å². The molecule has 3 heterocycles. The van der Waals surface area contributed by atoms with Crippen molar-refractivity contribution in [2.45, 2.75) is 0 Å². The molecule has 0 fully saturated rings. The van der Waals surface area contributed by atoms with Crippen LogP contribution in [0.4, 0.5) is 20.2 Å². The molecule has 40 heavy (non-hydrogen) atoms. The van der Waals surface area contributed by atoms with Gasteiger partial charge in [-0.2, -0.15) is 10.1 Å². The first-order valence-corrected chi connectivity index (χ1v) is 11.9. The van der Waals surface area contributed by atoms with E-state index in [-0.39, 0.29) is 23.9 Å². The second-order valence-electron chi connectivity index (χ2n) is 8.40. The number of ether oxygens (including phenoxy) is 3. The van der Waals surface area contributed by atoms with Gasteiger partial charge in [-0.05, 0) is 24.1 Å². The van der Waals surface area contributed by atoms with Gasteiger partial charge in [0.1, 0.15) is 5.69 Å². The summed E-state index contributed by atoms with van der Waals surface area (Å²) in [5.41, 5.74) is 2.46. The van der Waals surface area contributed by atoms with Crippen LogP contribution >= 0.6 is 0 Å². The lowest BCUT2D eigenvalue weighted by atomic mass is 10.1. The van der Waals surface area contributed by atoms with E-state index in [1.165, 1.54) is 32.4 Å².